The van der Waals surface area contributed by atoms with E-state index in [1.165, 1.54) is 0 Å². The number of carboxylic acids is 1. The molecule has 0 aromatic rings. The molecule has 0 aliphatic heterocycles. The van der Waals surface area contributed by atoms with Gasteiger partial charge in [-0.15, -0.1) is 0 Å². The van der Waals surface area contributed by atoms with Crippen LogP contribution in [0.3, 0.4) is 0 Å². The summed E-state index contributed by atoms with van der Waals surface area (Å²) in [6, 6.07) is 0. The van der Waals surface area contributed by atoms with Gasteiger partial charge in [-0.25, -0.2) is 13.6 Å². The number of nitrogens with two attached hydrogens (primary N) is 1. The van der Waals surface area contributed by atoms with E-state index in [2.05, 4.69) is 5.32 Å². The van der Waals surface area contributed by atoms with Gasteiger partial charge in [-0.3, -0.25) is 0 Å². The summed E-state index contributed by atoms with van der Waals surface area (Å²) in [6.45, 7) is -2.47. The molecule has 0 aromatic heterocycles. The minimum Gasteiger partial charge on any atom is -0.480 e. The molecule has 6 heteroatoms. The predicted octanol–water partition coefficient (Wildman–Crippen LogP) is 0.0332. The van der Waals surface area contributed by atoms with Crippen LogP contribution in [-0.2, 0) is 4.79 Å². The van der Waals surface area contributed by atoms with Crippen LogP contribution in [0.4, 0.5) is 8.78 Å². The fourth-order valence-corrected chi connectivity index (χ4v) is 0.779. The molecule has 78 valence electrons. The Kier molecular flexibility index (Phi) is 2.98. The third-order valence-corrected chi connectivity index (χ3v) is 1.68. The number of carbonyl (C=O) groups is 1. The highest BCUT2D eigenvalue weighted by Gasteiger charge is 2.43. The van der Waals surface area contributed by atoms with Crippen LogP contribution in [0.5, 0.6) is 0 Å². The van der Waals surface area contributed by atoms with Crippen LogP contribution in [0.15, 0.2) is 0 Å². The van der Waals surface area contributed by atoms with Crippen LogP contribution in [-0.4, -0.2) is 36.6 Å². The average molecular weight is 199 g/mol. The summed E-state index contributed by atoms with van der Waals surface area (Å²) >= 11 is 0. The van der Waals surface area contributed by atoms with Crippen molar-refractivity contribution < 1.29 is 22.8 Å². The normalized spacial score (nSPS) is 20.2. The number of halogens is 2. The summed E-state index contributed by atoms with van der Waals surface area (Å²) in [5.74, 6) is -1.80. The van der Waals surface area contributed by atoms with E-state index in [0.717, 1.165) is 0 Å². The third kappa shape index (κ3) is 3.23. The van der Waals surface area contributed by atoms with Gasteiger partial charge in [0.1, 0.15) is 0 Å². The Morgan fingerprint density at radius 1 is 1.85 bits per heavy atom. The van der Waals surface area contributed by atoms with Crippen LogP contribution >= 0.6 is 0 Å². The lowest BCUT2D eigenvalue weighted by atomic mass is 9.95. The number of carboxylic acid groups (broad SMARTS) is 1. The van der Waals surface area contributed by atoms with Gasteiger partial charge in [-0.05, 0) is 26.4 Å². The Morgan fingerprint density at radius 2 is 2.46 bits per heavy atom. The summed E-state index contributed by atoms with van der Waals surface area (Å²) in [6.07, 6.45) is -3.76. The second kappa shape index (κ2) is 5.08. The van der Waals surface area contributed by atoms with E-state index in [1.54, 1.807) is 0 Å². The first-order valence-electron chi connectivity index (χ1n) is 5.15. The van der Waals surface area contributed by atoms with Crippen molar-refractivity contribution in [2.24, 2.45) is 5.73 Å². The molecule has 0 saturated carbocycles. The number of aliphatic carboxylic acids is 1. The Hall–Kier alpha value is -0.750. The molecule has 0 aliphatic carbocycles. The molecule has 0 amide bonds. The zero-order valence-electron chi connectivity index (χ0n) is 9.89. The van der Waals surface area contributed by atoms with E-state index in [-0.39, 0.29) is 13.0 Å². The Bertz CT molecular complexity index is 250. The van der Waals surface area contributed by atoms with E-state index in [0.29, 0.717) is 0 Å². The molecule has 1 unspecified atom stereocenters. The number of nitrogens with one attached hydrogen (secondary N) is 1. The van der Waals surface area contributed by atoms with Gasteiger partial charge in [-0.2, -0.15) is 0 Å². The summed E-state index contributed by atoms with van der Waals surface area (Å²) in [4.78, 5) is 10.5. The van der Waals surface area contributed by atoms with Gasteiger partial charge in [0.2, 0.25) is 0 Å². The van der Waals surface area contributed by atoms with E-state index in [4.69, 9.17) is 15.0 Å². The summed E-state index contributed by atoms with van der Waals surface area (Å²) in [7, 11) is 0. The van der Waals surface area contributed by atoms with Crippen LogP contribution in [0.2, 0.25) is 0 Å². The quantitative estimate of drug-likeness (QED) is 0.528. The smallest absolute Gasteiger partial charge is 0.329 e. The highest BCUT2D eigenvalue weighted by Crippen LogP contribution is 2.18. The maximum absolute atomic E-state index is 12.4. The molecule has 0 aliphatic rings. The third-order valence-electron chi connectivity index (χ3n) is 1.68. The van der Waals surface area contributed by atoms with E-state index >= 15 is 0 Å². The molecular weight excluding hydrogens is 182 g/mol. The molecule has 4 N–H and O–H groups in total. The summed E-state index contributed by atoms with van der Waals surface area (Å²) in [5, 5.41) is 10.6. The lowest BCUT2D eigenvalue weighted by molar-refractivity contribution is -0.150. The Balaban J connectivity index is 4.11. The van der Waals surface area contributed by atoms with Crippen LogP contribution < -0.4 is 11.1 Å². The molecular formula is C7H14F2N2O2. The van der Waals surface area contributed by atoms with Crippen LogP contribution in [0.1, 0.15) is 17.0 Å². The number of alkyl halides is 2. The molecule has 1 atom stereocenters. The van der Waals surface area contributed by atoms with E-state index in [1.807, 2.05) is 0 Å². The predicted molar refractivity (Wildman–Crippen MR) is 43.7 cm³/mol. The molecule has 0 heterocycles. The Morgan fingerprint density at radius 3 is 2.85 bits per heavy atom. The fraction of sp³-hybridized carbons (Fsp3) is 0.857. The first kappa shape index (κ1) is 7.64. The summed E-state index contributed by atoms with van der Waals surface area (Å²) < 4.78 is 45.0. The fourth-order valence-electron chi connectivity index (χ4n) is 0.779. The SMILES string of the molecule is [2H]C([2H])([2H])NCCCC(N)(C(=O)O)C(F)F. The van der Waals surface area contributed by atoms with E-state index in [9.17, 15) is 13.6 Å². The van der Waals surface area contributed by atoms with Crippen molar-refractivity contribution in [2.45, 2.75) is 24.8 Å². The van der Waals surface area contributed by atoms with Crippen molar-refractivity contribution in [1.29, 1.82) is 0 Å². The second-order valence-electron chi connectivity index (χ2n) is 2.68. The van der Waals surface area contributed by atoms with Gasteiger partial charge >= 0.3 is 5.97 Å². The van der Waals surface area contributed by atoms with Crippen molar-refractivity contribution in [3.05, 3.63) is 0 Å². The molecule has 0 saturated heterocycles. The molecule has 0 aromatic carbocycles. The maximum Gasteiger partial charge on any atom is 0.329 e. The van der Waals surface area contributed by atoms with Gasteiger partial charge in [-0.1, -0.05) is 0 Å². The molecule has 0 rings (SSSR count). The first-order chi connectivity index (χ1) is 7.09. The largest absolute Gasteiger partial charge is 0.480 e. The average Bonchev–Trinajstić information content (AvgIpc) is 2.09. The summed E-state index contributed by atoms with van der Waals surface area (Å²) in [5.41, 5.74) is 2.40. The van der Waals surface area contributed by atoms with Gasteiger partial charge in [0, 0.05) is 4.11 Å². The Labute approximate surface area is 79.3 Å². The zero-order valence-corrected chi connectivity index (χ0v) is 6.89. The first-order valence-corrected chi connectivity index (χ1v) is 3.65. The van der Waals surface area contributed by atoms with Gasteiger partial charge in [0.05, 0.1) is 0 Å². The lowest BCUT2D eigenvalue weighted by Crippen LogP contribution is -2.54. The number of hydrogen-bond donors (Lipinski definition) is 3. The van der Waals surface area contributed by atoms with Crippen LogP contribution in [0.25, 0.3) is 0 Å². The van der Waals surface area contributed by atoms with Crippen molar-refractivity contribution in [2.75, 3.05) is 13.5 Å². The van der Waals surface area contributed by atoms with Crippen molar-refractivity contribution in [3.8, 4) is 0 Å². The number of rotatable bonds is 6. The topological polar surface area (TPSA) is 75.3 Å². The maximum atomic E-state index is 12.4. The van der Waals surface area contributed by atoms with Gasteiger partial charge in [0.25, 0.3) is 6.43 Å². The van der Waals surface area contributed by atoms with Gasteiger partial charge in [0.15, 0.2) is 5.54 Å². The minimum atomic E-state index is -3.20. The van der Waals surface area contributed by atoms with Crippen molar-refractivity contribution >= 4 is 5.97 Å². The second-order valence-corrected chi connectivity index (χ2v) is 2.68. The zero-order chi connectivity index (χ0) is 13.0. The van der Waals surface area contributed by atoms with Gasteiger partial charge < -0.3 is 16.2 Å². The molecule has 4 nitrogen and oxygen atoms in total. The highest BCUT2D eigenvalue weighted by atomic mass is 19.3. The molecule has 0 bridgehead atoms. The molecule has 0 radical (unpaired) electrons. The van der Waals surface area contributed by atoms with Crippen LogP contribution in [0, 0.1) is 0 Å². The molecule has 0 spiro atoms. The van der Waals surface area contributed by atoms with Crippen molar-refractivity contribution in [1.82, 2.24) is 5.32 Å². The lowest BCUT2D eigenvalue weighted by Gasteiger charge is -2.23. The minimum absolute atomic E-state index is 0.0640. The molecule has 13 heavy (non-hydrogen) atoms. The standard InChI is InChI=1S/C7H14F2N2O2/c1-11-4-2-3-7(10,5(8)9)6(12)13/h5,11H,2-4,10H2,1H3,(H,12,13)/i1D3. The molecule has 0 fully saturated rings. The number of hydrogen-bond acceptors (Lipinski definition) is 3. The highest BCUT2D eigenvalue weighted by molar-refractivity contribution is 5.79. The van der Waals surface area contributed by atoms with E-state index < -0.39 is 31.3 Å². The van der Waals surface area contributed by atoms with Crippen molar-refractivity contribution in [3.63, 3.8) is 0 Å². The monoisotopic (exact) mass is 199 g/mol.